The molecule has 0 fully saturated rings. The number of aromatic nitrogens is 2. The monoisotopic (exact) mass is 225 g/mol. The molecule has 1 aromatic rings. The minimum Gasteiger partial charge on any atom is -0.550 e. The van der Waals surface area contributed by atoms with E-state index in [1.165, 1.54) is 0 Å². The van der Waals surface area contributed by atoms with Gasteiger partial charge in [-0.05, 0) is 26.2 Å². The summed E-state index contributed by atoms with van der Waals surface area (Å²) in [6.07, 6.45) is 1.05. The second kappa shape index (κ2) is 5.29. The lowest BCUT2D eigenvalue weighted by atomic mass is 10.1. The second-order valence-electron chi connectivity index (χ2n) is 3.58. The van der Waals surface area contributed by atoms with E-state index in [9.17, 15) is 19.5 Å². The van der Waals surface area contributed by atoms with Gasteiger partial charge < -0.3 is 19.9 Å². The van der Waals surface area contributed by atoms with Crippen molar-refractivity contribution in [3.8, 4) is 0 Å². The highest BCUT2D eigenvalue weighted by molar-refractivity contribution is 5.95. The lowest BCUT2D eigenvalue weighted by molar-refractivity contribution is -0.305. The van der Waals surface area contributed by atoms with E-state index in [-0.39, 0.29) is 24.3 Å². The van der Waals surface area contributed by atoms with Crippen LogP contribution in [0.3, 0.4) is 0 Å². The van der Waals surface area contributed by atoms with Crippen LogP contribution in [0, 0.1) is 6.92 Å². The topological polar surface area (TPSA) is 106 Å². The number of imidazole rings is 1. The van der Waals surface area contributed by atoms with E-state index in [0.29, 0.717) is 18.5 Å². The summed E-state index contributed by atoms with van der Waals surface area (Å²) < 4.78 is 0. The molecule has 0 aliphatic carbocycles. The van der Waals surface area contributed by atoms with Crippen molar-refractivity contribution < 1.29 is 14.7 Å². The number of carbonyl (C=O) groups is 2. The third-order valence-corrected chi connectivity index (χ3v) is 2.23. The lowest BCUT2D eigenvalue weighted by Crippen LogP contribution is -2.21. The Hall–Kier alpha value is -1.85. The summed E-state index contributed by atoms with van der Waals surface area (Å²) in [6.45, 7) is 1.63. The van der Waals surface area contributed by atoms with Gasteiger partial charge in [0.1, 0.15) is 5.69 Å². The van der Waals surface area contributed by atoms with Gasteiger partial charge in [-0.3, -0.25) is 4.79 Å². The van der Waals surface area contributed by atoms with Crippen LogP contribution in [-0.2, 0) is 4.79 Å². The second-order valence-corrected chi connectivity index (χ2v) is 3.58. The molecule has 88 valence electrons. The van der Waals surface area contributed by atoms with Gasteiger partial charge in [-0.25, -0.2) is 4.79 Å². The number of carboxylic acids is 1. The van der Waals surface area contributed by atoms with Gasteiger partial charge in [0.25, 0.3) is 0 Å². The van der Waals surface area contributed by atoms with Crippen LogP contribution in [0.25, 0.3) is 0 Å². The van der Waals surface area contributed by atoms with E-state index in [0.717, 1.165) is 0 Å². The number of rotatable bonds is 6. The number of H-pyrrole nitrogens is 2. The Bertz CT molecular complexity index is 444. The smallest absolute Gasteiger partial charge is 0.323 e. The zero-order valence-electron chi connectivity index (χ0n) is 8.96. The van der Waals surface area contributed by atoms with Crippen LogP contribution in [0.15, 0.2) is 4.79 Å². The Labute approximate surface area is 91.7 Å². The first kappa shape index (κ1) is 12.2. The normalized spacial score (nSPS) is 10.3. The van der Waals surface area contributed by atoms with Gasteiger partial charge in [0.2, 0.25) is 0 Å². The molecule has 0 atom stereocenters. The molecule has 0 unspecified atom stereocenters. The minimum atomic E-state index is -1.11. The molecule has 16 heavy (non-hydrogen) atoms. The summed E-state index contributed by atoms with van der Waals surface area (Å²) in [4.78, 5) is 37.4. The number of aliphatic carboxylic acids is 1. The zero-order valence-corrected chi connectivity index (χ0v) is 8.96. The average molecular weight is 225 g/mol. The van der Waals surface area contributed by atoms with Gasteiger partial charge in [-0.2, -0.15) is 0 Å². The van der Waals surface area contributed by atoms with Crippen LogP contribution in [0.1, 0.15) is 41.9 Å². The maximum Gasteiger partial charge on any atom is 0.323 e. The predicted octanol–water partition coefficient (Wildman–Crippen LogP) is -0.496. The number of hydrogen-bond acceptors (Lipinski definition) is 4. The fourth-order valence-electron chi connectivity index (χ4n) is 1.43. The Balaban J connectivity index is 2.44. The molecule has 6 nitrogen and oxygen atoms in total. The van der Waals surface area contributed by atoms with Crippen LogP contribution in [0.5, 0.6) is 0 Å². The van der Waals surface area contributed by atoms with Crippen molar-refractivity contribution in [3.63, 3.8) is 0 Å². The van der Waals surface area contributed by atoms with Crippen molar-refractivity contribution in [1.29, 1.82) is 0 Å². The first-order valence-electron chi connectivity index (χ1n) is 5.02. The molecule has 1 heterocycles. The third-order valence-electron chi connectivity index (χ3n) is 2.23. The number of unbranched alkanes of at least 4 members (excludes halogenated alkanes) is 1. The standard InChI is InChI=1S/C10H14N2O4/c1-6-9(12-10(16)11-6)7(13)4-2-3-5-8(14)15/h2-5H2,1H3,(H,14,15)(H2,11,12,16)/p-1. The van der Waals surface area contributed by atoms with Crippen molar-refractivity contribution in [2.45, 2.75) is 32.6 Å². The number of aryl methyl sites for hydroxylation is 1. The molecule has 0 saturated carbocycles. The Kier molecular flexibility index (Phi) is 4.04. The first-order valence-corrected chi connectivity index (χ1v) is 5.02. The van der Waals surface area contributed by atoms with E-state index >= 15 is 0 Å². The summed E-state index contributed by atoms with van der Waals surface area (Å²) in [6, 6.07) is 0. The molecule has 1 aromatic heterocycles. The van der Waals surface area contributed by atoms with Gasteiger partial charge in [0.15, 0.2) is 5.78 Å². The van der Waals surface area contributed by atoms with E-state index in [1.807, 2.05) is 0 Å². The molecule has 0 saturated heterocycles. The molecule has 0 bridgehead atoms. The molecule has 6 heteroatoms. The van der Waals surface area contributed by atoms with Crippen molar-refractivity contribution in [2.75, 3.05) is 0 Å². The largest absolute Gasteiger partial charge is 0.550 e. The Morgan fingerprint density at radius 3 is 2.31 bits per heavy atom. The van der Waals surface area contributed by atoms with Gasteiger partial charge in [-0.1, -0.05) is 0 Å². The Morgan fingerprint density at radius 1 is 1.19 bits per heavy atom. The average Bonchev–Trinajstić information content (AvgIpc) is 2.52. The number of carboxylic acid groups (broad SMARTS) is 1. The summed E-state index contributed by atoms with van der Waals surface area (Å²) in [5.74, 6) is -1.30. The van der Waals surface area contributed by atoms with Gasteiger partial charge in [0, 0.05) is 18.1 Å². The van der Waals surface area contributed by atoms with E-state index in [2.05, 4.69) is 9.97 Å². The fourth-order valence-corrected chi connectivity index (χ4v) is 1.43. The summed E-state index contributed by atoms with van der Waals surface area (Å²) in [5.41, 5.74) is 0.379. The minimum absolute atomic E-state index is 0.0457. The van der Waals surface area contributed by atoms with Crippen LogP contribution in [0.2, 0.25) is 0 Å². The Morgan fingerprint density at radius 2 is 1.81 bits per heavy atom. The van der Waals surface area contributed by atoms with Gasteiger partial charge in [-0.15, -0.1) is 0 Å². The number of carbonyl (C=O) groups excluding carboxylic acids is 2. The van der Waals surface area contributed by atoms with Crippen LogP contribution in [-0.4, -0.2) is 21.7 Å². The third kappa shape index (κ3) is 3.38. The molecule has 1 rings (SSSR count). The van der Waals surface area contributed by atoms with Crippen LogP contribution < -0.4 is 10.8 Å². The van der Waals surface area contributed by atoms with Crippen LogP contribution in [0.4, 0.5) is 0 Å². The zero-order chi connectivity index (χ0) is 12.1. The highest BCUT2D eigenvalue weighted by atomic mass is 16.4. The van der Waals surface area contributed by atoms with Crippen LogP contribution >= 0.6 is 0 Å². The number of ketones is 1. The summed E-state index contributed by atoms with van der Waals surface area (Å²) in [7, 11) is 0. The molecule has 2 N–H and O–H groups in total. The van der Waals surface area contributed by atoms with Gasteiger partial charge in [0.05, 0.1) is 0 Å². The van der Waals surface area contributed by atoms with E-state index < -0.39 is 11.7 Å². The number of aromatic amines is 2. The number of hydrogen-bond donors (Lipinski definition) is 2. The quantitative estimate of drug-likeness (QED) is 0.503. The molecule has 0 aliphatic rings. The molecule has 0 spiro atoms. The maximum atomic E-state index is 11.6. The number of nitrogens with one attached hydrogen (secondary N) is 2. The van der Waals surface area contributed by atoms with E-state index in [1.54, 1.807) is 6.92 Å². The first-order chi connectivity index (χ1) is 7.50. The highest BCUT2D eigenvalue weighted by Crippen LogP contribution is 2.07. The molecule has 0 aliphatic heterocycles. The number of Topliss-reactive ketones (excluding diaryl/α,β-unsaturated/α-hetero) is 1. The van der Waals surface area contributed by atoms with Gasteiger partial charge >= 0.3 is 5.69 Å². The maximum absolute atomic E-state index is 11.6. The van der Waals surface area contributed by atoms with Crippen molar-refractivity contribution in [2.24, 2.45) is 0 Å². The molecular formula is C10H13N2O4-. The molecule has 0 radical (unpaired) electrons. The van der Waals surface area contributed by atoms with Crippen molar-refractivity contribution in [3.05, 3.63) is 21.9 Å². The van der Waals surface area contributed by atoms with Crippen molar-refractivity contribution >= 4 is 11.8 Å². The molecule has 0 amide bonds. The molecular weight excluding hydrogens is 212 g/mol. The van der Waals surface area contributed by atoms with E-state index in [4.69, 9.17) is 0 Å². The highest BCUT2D eigenvalue weighted by Gasteiger charge is 2.11. The summed E-state index contributed by atoms with van der Waals surface area (Å²) >= 11 is 0. The fraction of sp³-hybridized carbons (Fsp3) is 0.500. The summed E-state index contributed by atoms with van der Waals surface area (Å²) in [5, 5.41) is 10.1. The molecule has 0 aromatic carbocycles. The van der Waals surface area contributed by atoms with Crippen molar-refractivity contribution in [1.82, 2.24) is 9.97 Å². The lowest BCUT2D eigenvalue weighted by Gasteiger charge is -2.01. The SMILES string of the molecule is Cc1[nH]c(=O)[nH]c1C(=O)CCCCC(=O)[O-]. The predicted molar refractivity (Wildman–Crippen MR) is 54.0 cm³/mol.